The number of carbonyl (C=O) groups is 1. The fourth-order valence-corrected chi connectivity index (χ4v) is 5.36. The topological polar surface area (TPSA) is 85.2 Å². The molecule has 0 radical (unpaired) electrons. The molecule has 0 unspecified atom stereocenters. The van der Waals surface area contributed by atoms with Crippen molar-refractivity contribution in [2.24, 2.45) is 0 Å². The lowest BCUT2D eigenvalue weighted by Gasteiger charge is -2.36. The molecule has 0 aliphatic carbocycles. The molecule has 0 saturated heterocycles. The summed E-state index contributed by atoms with van der Waals surface area (Å²) in [5, 5.41) is 18.7. The molecule has 1 aliphatic heterocycles. The number of benzene rings is 3. The van der Waals surface area contributed by atoms with E-state index in [0.717, 1.165) is 38.9 Å². The lowest BCUT2D eigenvalue weighted by molar-refractivity contribution is 0.0244. The highest BCUT2D eigenvalue weighted by atomic mass is 16.6. The number of hydrogen-bond acceptors (Lipinski definition) is 6. The molecule has 2 N–H and O–H groups in total. The van der Waals surface area contributed by atoms with Crippen LogP contribution in [0.2, 0.25) is 0 Å². The maximum Gasteiger partial charge on any atom is 0.340 e. The van der Waals surface area contributed by atoms with Gasteiger partial charge < -0.3 is 24.4 Å². The Bertz CT molecular complexity index is 1250. The molecule has 4 rings (SSSR count). The van der Waals surface area contributed by atoms with Crippen LogP contribution in [0.25, 0.3) is 0 Å². The molecule has 3 aromatic rings. The first-order valence-electron chi connectivity index (χ1n) is 13.3. The van der Waals surface area contributed by atoms with Gasteiger partial charge in [-0.2, -0.15) is 0 Å². The van der Waals surface area contributed by atoms with E-state index in [9.17, 15) is 15.0 Å². The van der Waals surface area contributed by atoms with Crippen molar-refractivity contribution in [2.75, 3.05) is 26.4 Å². The van der Waals surface area contributed by atoms with Gasteiger partial charge in [0.2, 0.25) is 0 Å². The molecule has 0 spiro atoms. The Hall–Kier alpha value is -3.35. The Labute approximate surface area is 225 Å². The molecule has 0 atom stereocenters. The smallest absolute Gasteiger partial charge is 0.340 e. The molecule has 1 aliphatic rings. The highest BCUT2D eigenvalue weighted by Crippen LogP contribution is 2.52. The van der Waals surface area contributed by atoms with Crippen molar-refractivity contribution in [3.05, 3.63) is 93.0 Å². The molecule has 0 aromatic heterocycles. The number of aliphatic hydroxyl groups excluding tert-OH is 2. The van der Waals surface area contributed by atoms with Crippen molar-refractivity contribution in [3.63, 3.8) is 0 Å². The fraction of sp³-hybridized carbons (Fsp3) is 0.406. The van der Waals surface area contributed by atoms with E-state index in [4.69, 9.17) is 14.2 Å². The second-order valence-electron chi connectivity index (χ2n) is 10.5. The molecule has 3 aromatic carbocycles. The summed E-state index contributed by atoms with van der Waals surface area (Å²) in [5.74, 6) is 1.24. The first-order valence-corrected chi connectivity index (χ1v) is 13.3. The van der Waals surface area contributed by atoms with E-state index in [-0.39, 0.29) is 44.2 Å². The Morgan fingerprint density at radius 1 is 0.763 bits per heavy atom. The summed E-state index contributed by atoms with van der Waals surface area (Å²) in [6, 6.07) is 15.8. The number of hydrogen-bond donors (Lipinski definition) is 2. The number of fused-ring (bicyclic) bond motifs is 1. The lowest BCUT2D eigenvalue weighted by Crippen LogP contribution is -2.33. The van der Waals surface area contributed by atoms with Crippen LogP contribution in [-0.4, -0.2) is 42.6 Å². The van der Waals surface area contributed by atoms with Crippen LogP contribution in [0.1, 0.15) is 88.8 Å². The highest BCUT2D eigenvalue weighted by molar-refractivity contribution is 5.96. The van der Waals surface area contributed by atoms with E-state index in [2.05, 4.69) is 39.8 Å². The van der Waals surface area contributed by atoms with E-state index in [1.165, 1.54) is 0 Å². The number of aliphatic hydroxyl groups is 2. The minimum absolute atomic E-state index is 0.0745. The van der Waals surface area contributed by atoms with Gasteiger partial charge in [0.1, 0.15) is 24.7 Å². The zero-order chi connectivity index (χ0) is 27.6. The quantitative estimate of drug-likeness (QED) is 0.332. The maximum atomic E-state index is 13.4. The number of ether oxygens (including phenoxy) is 3. The van der Waals surface area contributed by atoms with Crippen molar-refractivity contribution in [1.82, 2.24) is 0 Å². The maximum absolute atomic E-state index is 13.4. The standard InChI is InChI=1S/C32H38O6/c1-19(2)24-17-29(36-13-11-33)21(5)15-27(24)32(26-10-8-7-9-23(26)31(35)38-32)28-16-22(6)30(37-14-12-34)18-25(28)20(3)4/h7-10,15-20,33-34H,11-14H2,1-6H3. The third-order valence-electron chi connectivity index (χ3n) is 7.17. The number of esters is 1. The van der Waals surface area contributed by atoms with Gasteiger partial charge in [0, 0.05) is 16.7 Å². The summed E-state index contributed by atoms with van der Waals surface area (Å²) >= 11 is 0. The van der Waals surface area contributed by atoms with Gasteiger partial charge >= 0.3 is 5.97 Å². The van der Waals surface area contributed by atoms with Crippen LogP contribution in [0.15, 0.2) is 48.5 Å². The molecular formula is C32H38O6. The van der Waals surface area contributed by atoms with Gasteiger partial charge in [-0.05, 0) is 78.3 Å². The van der Waals surface area contributed by atoms with Crippen molar-refractivity contribution in [2.45, 2.75) is 59.0 Å². The van der Waals surface area contributed by atoms with Gasteiger partial charge in [-0.25, -0.2) is 4.79 Å². The van der Waals surface area contributed by atoms with Gasteiger partial charge in [0.05, 0.1) is 18.8 Å². The van der Waals surface area contributed by atoms with E-state index in [1.54, 1.807) is 0 Å². The van der Waals surface area contributed by atoms with E-state index in [0.29, 0.717) is 17.1 Å². The average molecular weight is 519 g/mol. The van der Waals surface area contributed by atoms with Crippen LogP contribution >= 0.6 is 0 Å². The first kappa shape index (κ1) is 27.7. The summed E-state index contributed by atoms with van der Waals surface area (Å²) in [6.45, 7) is 12.6. The summed E-state index contributed by atoms with van der Waals surface area (Å²) in [6.07, 6.45) is 0. The largest absolute Gasteiger partial charge is 0.491 e. The normalized spacial score (nSPS) is 14.1. The summed E-state index contributed by atoms with van der Waals surface area (Å²) < 4.78 is 18.3. The Kier molecular flexibility index (Phi) is 8.14. The molecule has 6 nitrogen and oxygen atoms in total. The zero-order valence-corrected chi connectivity index (χ0v) is 23.1. The second kappa shape index (κ2) is 11.2. The van der Waals surface area contributed by atoms with Crippen molar-refractivity contribution >= 4 is 5.97 Å². The SMILES string of the molecule is Cc1cc(C2(c3cc(C)c(OCCO)cc3C(C)C)OC(=O)c3ccccc32)c(C(C)C)cc1OCCO. The number of aryl methyl sites for hydroxylation is 2. The molecule has 0 saturated carbocycles. The van der Waals surface area contributed by atoms with Crippen LogP contribution in [-0.2, 0) is 10.3 Å². The summed E-state index contributed by atoms with van der Waals surface area (Å²) in [7, 11) is 0. The molecule has 202 valence electrons. The van der Waals surface area contributed by atoms with Crippen molar-refractivity contribution in [1.29, 1.82) is 0 Å². The third kappa shape index (κ3) is 4.79. The summed E-state index contributed by atoms with van der Waals surface area (Å²) in [4.78, 5) is 13.4. The van der Waals surface area contributed by atoms with E-state index in [1.807, 2.05) is 50.2 Å². The van der Waals surface area contributed by atoms with Crippen molar-refractivity contribution in [3.8, 4) is 11.5 Å². The molecule has 0 amide bonds. The van der Waals surface area contributed by atoms with Gasteiger partial charge in [0.15, 0.2) is 5.60 Å². The molecule has 0 fully saturated rings. The van der Waals surface area contributed by atoms with Crippen molar-refractivity contribution < 1.29 is 29.2 Å². The molecular weight excluding hydrogens is 480 g/mol. The lowest BCUT2D eigenvalue weighted by atomic mass is 9.72. The highest BCUT2D eigenvalue weighted by Gasteiger charge is 2.51. The number of cyclic esters (lactones) is 1. The number of rotatable bonds is 10. The Morgan fingerprint density at radius 3 is 1.68 bits per heavy atom. The fourth-order valence-electron chi connectivity index (χ4n) is 5.36. The Morgan fingerprint density at radius 2 is 1.24 bits per heavy atom. The van der Waals surface area contributed by atoms with Gasteiger partial charge in [0.25, 0.3) is 0 Å². The molecule has 0 bridgehead atoms. The Balaban J connectivity index is 2.10. The van der Waals surface area contributed by atoms with Crippen LogP contribution < -0.4 is 9.47 Å². The number of carbonyl (C=O) groups excluding carboxylic acids is 1. The molecule has 1 heterocycles. The monoisotopic (exact) mass is 518 g/mol. The van der Waals surface area contributed by atoms with E-state index >= 15 is 0 Å². The molecule has 38 heavy (non-hydrogen) atoms. The van der Waals surface area contributed by atoms with Crippen LogP contribution in [0.4, 0.5) is 0 Å². The van der Waals surface area contributed by atoms with E-state index < -0.39 is 5.60 Å². The van der Waals surface area contributed by atoms with Crippen LogP contribution in [0.5, 0.6) is 11.5 Å². The predicted molar refractivity (Wildman–Crippen MR) is 147 cm³/mol. The molecule has 6 heteroatoms. The van der Waals surface area contributed by atoms with Crippen LogP contribution in [0.3, 0.4) is 0 Å². The third-order valence-corrected chi connectivity index (χ3v) is 7.17. The second-order valence-corrected chi connectivity index (χ2v) is 10.5. The minimum atomic E-state index is -1.17. The van der Waals surface area contributed by atoms with Gasteiger partial charge in [-0.1, -0.05) is 45.9 Å². The van der Waals surface area contributed by atoms with Gasteiger partial charge in [-0.3, -0.25) is 0 Å². The summed E-state index contributed by atoms with van der Waals surface area (Å²) in [5.41, 5.74) is 5.76. The predicted octanol–water partition coefficient (Wildman–Crippen LogP) is 5.75. The zero-order valence-electron chi connectivity index (χ0n) is 23.1. The van der Waals surface area contributed by atoms with Crippen LogP contribution in [0, 0.1) is 13.8 Å². The van der Waals surface area contributed by atoms with Gasteiger partial charge in [-0.15, -0.1) is 0 Å². The average Bonchev–Trinajstić information content (AvgIpc) is 3.19. The first-order chi connectivity index (χ1) is 18.1. The minimum Gasteiger partial charge on any atom is -0.491 e.